The number of rotatable bonds is 14. The van der Waals surface area contributed by atoms with Gasteiger partial charge in [-0.15, -0.1) is 0 Å². The molecular weight excluding hydrogens is 452 g/mol. The molecule has 0 aliphatic rings. The number of methoxy groups -OCH3 is 2. The van der Waals surface area contributed by atoms with Crippen molar-refractivity contribution in [3.63, 3.8) is 0 Å². The van der Waals surface area contributed by atoms with Gasteiger partial charge in [-0.2, -0.15) is 0 Å². The zero-order chi connectivity index (χ0) is 26.4. The molecule has 0 aromatic rings. The van der Waals surface area contributed by atoms with Crippen molar-refractivity contribution in [2.45, 2.75) is 129 Å². The van der Waals surface area contributed by atoms with Crippen LogP contribution in [0.5, 0.6) is 0 Å². The minimum Gasteiger partial charge on any atom is -0.467 e. The Balaban J connectivity index is 6.46. The Morgan fingerprint density at radius 1 is 0.879 bits per heavy atom. The fraction of sp³-hybridized carbons (Fsp3) is 0.920. The average Bonchev–Trinajstić information content (AvgIpc) is 2.68. The van der Waals surface area contributed by atoms with E-state index in [1.807, 2.05) is 6.92 Å². The van der Waals surface area contributed by atoms with Gasteiger partial charge in [-0.3, -0.25) is 0 Å². The molecule has 0 amide bonds. The first-order valence-corrected chi connectivity index (χ1v) is 17.4. The molecule has 0 radical (unpaired) electrons. The quantitative estimate of drug-likeness (QED) is 0.156. The molecule has 0 aromatic carbocycles. The summed E-state index contributed by atoms with van der Waals surface area (Å²) in [5, 5.41) is -0.0641. The largest absolute Gasteiger partial charge is 0.467 e. The van der Waals surface area contributed by atoms with Gasteiger partial charge >= 0.3 is 5.97 Å². The molecule has 0 spiro atoms. The van der Waals surface area contributed by atoms with Crippen LogP contribution < -0.4 is 0 Å². The van der Waals surface area contributed by atoms with E-state index in [2.05, 4.69) is 75.4 Å². The van der Waals surface area contributed by atoms with Gasteiger partial charge in [0.25, 0.3) is 0 Å². The molecule has 0 bridgehead atoms. The molecule has 0 N–H and O–H groups in total. The summed E-state index contributed by atoms with van der Waals surface area (Å²) >= 11 is 0. The van der Waals surface area contributed by atoms with Gasteiger partial charge in [0.1, 0.15) is 18.5 Å². The molecule has 0 heterocycles. The van der Waals surface area contributed by atoms with Crippen molar-refractivity contribution >= 4 is 28.9 Å². The molecule has 0 aromatic heterocycles. The number of carbonyl (C=O) groups excluding carboxylic acids is 2. The van der Waals surface area contributed by atoms with Crippen LogP contribution in [0, 0.1) is 5.92 Å². The number of ether oxygens (including phenoxy) is 2. The second kappa shape index (κ2) is 13.0. The fourth-order valence-electron chi connectivity index (χ4n) is 4.71. The fourth-order valence-corrected chi connectivity index (χ4v) is 11.6. The zero-order valence-corrected chi connectivity index (χ0v) is 25.8. The molecule has 33 heavy (non-hydrogen) atoms. The first-order chi connectivity index (χ1) is 14.9. The van der Waals surface area contributed by atoms with E-state index in [1.165, 1.54) is 14.2 Å². The van der Waals surface area contributed by atoms with Gasteiger partial charge in [0.05, 0.1) is 13.2 Å². The Hall–Kier alpha value is -0.546. The van der Waals surface area contributed by atoms with Crippen LogP contribution in [0.4, 0.5) is 0 Å². The Bertz CT molecular complexity index is 591. The molecule has 0 saturated carbocycles. The Morgan fingerprint density at radius 2 is 1.33 bits per heavy atom. The molecule has 6 nitrogen and oxygen atoms in total. The monoisotopic (exact) mass is 504 g/mol. The second-order valence-electron chi connectivity index (χ2n) is 11.8. The molecule has 0 unspecified atom stereocenters. The van der Waals surface area contributed by atoms with E-state index >= 15 is 0 Å². The van der Waals surface area contributed by atoms with E-state index in [-0.39, 0.29) is 17.1 Å². The van der Waals surface area contributed by atoms with Crippen LogP contribution in [-0.4, -0.2) is 61.4 Å². The van der Waals surface area contributed by atoms with Gasteiger partial charge in [0, 0.05) is 19.4 Å². The SMILES string of the molecule is COC(=O)[C@H](C[C@H](O[Si](C(C)C)(C(C)C)C(C)C)[C@H](C)[C@H](C=O)OC)O[Si](C)(C)C(C)(C)C. The molecule has 4 atom stereocenters. The highest BCUT2D eigenvalue weighted by molar-refractivity contribution is 6.77. The van der Waals surface area contributed by atoms with Gasteiger partial charge in [0.15, 0.2) is 8.32 Å². The van der Waals surface area contributed by atoms with E-state index in [9.17, 15) is 9.59 Å². The van der Waals surface area contributed by atoms with Gasteiger partial charge in [-0.1, -0.05) is 69.2 Å². The van der Waals surface area contributed by atoms with E-state index in [0.29, 0.717) is 23.0 Å². The van der Waals surface area contributed by atoms with Crippen molar-refractivity contribution in [3.8, 4) is 0 Å². The highest BCUT2D eigenvalue weighted by Gasteiger charge is 2.49. The van der Waals surface area contributed by atoms with Crippen LogP contribution in [0.1, 0.15) is 75.7 Å². The van der Waals surface area contributed by atoms with Crippen LogP contribution in [0.25, 0.3) is 0 Å². The summed E-state index contributed by atoms with van der Waals surface area (Å²) in [6.45, 7) is 26.0. The molecule has 8 heteroatoms. The van der Waals surface area contributed by atoms with E-state index < -0.39 is 34.8 Å². The van der Waals surface area contributed by atoms with Crippen molar-refractivity contribution in [1.29, 1.82) is 0 Å². The first-order valence-electron chi connectivity index (χ1n) is 12.3. The van der Waals surface area contributed by atoms with E-state index in [4.69, 9.17) is 18.3 Å². The lowest BCUT2D eigenvalue weighted by Crippen LogP contribution is -2.54. The number of hydrogen-bond donors (Lipinski definition) is 0. The minimum atomic E-state index is -2.30. The first kappa shape index (κ1) is 32.5. The molecule has 0 saturated heterocycles. The van der Waals surface area contributed by atoms with Gasteiger partial charge in [-0.05, 0) is 34.8 Å². The highest BCUT2D eigenvalue weighted by Crippen LogP contribution is 2.45. The maximum atomic E-state index is 12.9. The zero-order valence-electron chi connectivity index (χ0n) is 23.8. The van der Waals surface area contributed by atoms with Gasteiger partial charge < -0.3 is 23.1 Å². The normalized spacial score (nSPS) is 17.2. The number of carbonyl (C=O) groups is 2. The lowest BCUT2D eigenvalue weighted by atomic mass is 9.94. The van der Waals surface area contributed by atoms with E-state index in [0.717, 1.165) is 6.29 Å². The third-order valence-corrected chi connectivity index (χ3v) is 18.3. The average molecular weight is 505 g/mol. The predicted octanol–water partition coefficient (Wildman–Crippen LogP) is 6.35. The summed E-state index contributed by atoms with van der Waals surface area (Å²) in [7, 11) is -1.63. The Labute approximate surface area is 205 Å². The molecule has 0 aliphatic carbocycles. The number of aldehydes is 1. The minimum absolute atomic E-state index is 0.0641. The van der Waals surface area contributed by atoms with Crippen molar-refractivity contribution in [2.75, 3.05) is 14.2 Å². The van der Waals surface area contributed by atoms with Crippen molar-refractivity contribution < 1.29 is 27.9 Å². The standard InChI is InChI=1S/C25H52O6Si2/c1-17(2)33(18(3)4,19(5)6)31-21(20(7)23(16-26)28-11)15-22(24(27)29-12)30-32(13,14)25(8,9)10/h16-23H,15H2,1-14H3/t20-,21-,22-,23-/m0/s1. The third-order valence-electron chi connectivity index (χ3n) is 7.73. The summed E-state index contributed by atoms with van der Waals surface area (Å²) in [6.07, 6.45) is -0.612. The van der Waals surface area contributed by atoms with E-state index in [1.54, 1.807) is 0 Å². The van der Waals surface area contributed by atoms with Crippen molar-refractivity contribution in [3.05, 3.63) is 0 Å². The molecule has 0 aliphatic heterocycles. The van der Waals surface area contributed by atoms with Crippen LogP contribution in [0.2, 0.25) is 34.8 Å². The molecule has 0 fully saturated rings. The smallest absolute Gasteiger partial charge is 0.333 e. The summed E-state index contributed by atoms with van der Waals surface area (Å²) in [5.74, 6) is -0.641. The van der Waals surface area contributed by atoms with Crippen molar-refractivity contribution in [2.24, 2.45) is 5.92 Å². The topological polar surface area (TPSA) is 71.1 Å². The number of esters is 1. The van der Waals surface area contributed by atoms with Gasteiger partial charge in [-0.25, -0.2) is 4.79 Å². The van der Waals surface area contributed by atoms with Gasteiger partial charge in [0.2, 0.25) is 8.32 Å². The Morgan fingerprint density at radius 3 is 1.64 bits per heavy atom. The molecule has 196 valence electrons. The van der Waals surface area contributed by atoms with Crippen LogP contribution >= 0.6 is 0 Å². The molecular formula is C25H52O6Si2. The lowest BCUT2D eigenvalue weighted by molar-refractivity contribution is -0.151. The van der Waals surface area contributed by atoms with Crippen LogP contribution in [0.15, 0.2) is 0 Å². The summed E-state index contributed by atoms with van der Waals surface area (Å²) in [4.78, 5) is 24.7. The maximum Gasteiger partial charge on any atom is 0.333 e. The third kappa shape index (κ3) is 7.99. The highest BCUT2D eigenvalue weighted by atomic mass is 28.4. The Kier molecular flexibility index (Phi) is 12.7. The van der Waals surface area contributed by atoms with Crippen LogP contribution in [-0.2, 0) is 27.9 Å². The van der Waals surface area contributed by atoms with Crippen molar-refractivity contribution in [1.82, 2.24) is 0 Å². The maximum absolute atomic E-state index is 12.9. The second-order valence-corrected chi connectivity index (χ2v) is 22.0. The summed E-state index contributed by atoms with van der Waals surface area (Å²) in [5.41, 5.74) is 1.09. The summed E-state index contributed by atoms with van der Waals surface area (Å²) < 4.78 is 24.3. The predicted molar refractivity (Wildman–Crippen MR) is 141 cm³/mol. The van der Waals surface area contributed by atoms with Crippen LogP contribution in [0.3, 0.4) is 0 Å². The lowest BCUT2D eigenvalue weighted by Gasteiger charge is -2.47. The summed E-state index contributed by atoms with van der Waals surface area (Å²) in [6, 6.07) is 0. The number of hydrogen-bond acceptors (Lipinski definition) is 6. The molecule has 0 rings (SSSR count).